The van der Waals surface area contributed by atoms with Gasteiger partial charge < -0.3 is 24.8 Å². The zero-order valence-corrected chi connectivity index (χ0v) is 24.5. The number of fused-ring (bicyclic) bond motifs is 1. The van der Waals surface area contributed by atoms with Crippen LogP contribution >= 0.6 is 23.2 Å². The van der Waals surface area contributed by atoms with Gasteiger partial charge in [0.05, 0.1) is 47.3 Å². The lowest BCUT2D eigenvalue weighted by Crippen LogP contribution is -2.37. The Labute approximate surface area is 253 Å². The van der Waals surface area contributed by atoms with Crippen molar-refractivity contribution in [2.75, 3.05) is 50.1 Å². The molecule has 0 unspecified atom stereocenters. The van der Waals surface area contributed by atoms with E-state index >= 15 is 0 Å². The number of nitrogens with one attached hydrogen (secondary N) is 2. The van der Waals surface area contributed by atoms with Gasteiger partial charge >= 0.3 is 0 Å². The Bertz CT molecular complexity index is 1580. The van der Waals surface area contributed by atoms with Gasteiger partial charge in [0.25, 0.3) is 5.91 Å². The van der Waals surface area contributed by atoms with Crippen LogP contribution in [0.5, 0.6) is 17.2 Å². The molecule has 42 heavy (non-hydrogen) atoms. The van der Waals surface area contributed by atoms with E-state index in [0.29, 0.717) is 57.0 Å². The average Bonchev–Trinajstić information content (AvgIpc) is 2.98. The minimum Gasteiger partial charge on any atom is -0.491 e. The van der Waals surface area contributed by atoms with Crippen molar-refractivity contribution in [3.05, 3.63) is 77.3 Å². The van der Waals surface area contributed by atoms with Gasteiger partial charge in [0.2, 0.25) is 0 Å². The highest BCUT2D eigenvalue weighted by Crippen LogP contribution is 2.36. The summed E-state index contributed by atoms with van der Waals surface area (Å²) in [6.45, 7) is 10.1. The smallest absolute Gasteiger partial charge is 0.266 e. The molecule has 5 rings (SSSR count). The maximum atomic E-state index is 12.4. The molecule has 1 aliphatic rings. The Morgan fingerprint density at radius 1 is 1.10 bits per heavy atom. The molecule has 3 heterocycles. The molecule has 2 aromatic heterocycles. The topological polar surface area (TPSA) is 111 Å². The highest BCUT2D eigenvalue weighted by atomic mass is 35.5. The number of amides is 1. The Morgan fingerprint density at radius 3 is 2.67 bits per heavy atom. The first-order valence-corrected chi connectivity index (χ1v) is 14.2. The molecule has 10 nitrogen and oxygen atoms in total. The van der Waals surface area contributed by atoms with E-state index in [0.717, 1.165) is 45.0 Å². The van der Waals surface area contributed by atoms with Crippen molar-refractivity contribution in [2.45, 2.75) is 13.3 Å². The van der Waals surface area contributed by atoms with E-state index in [1.807, 2.05) is 25.1 Å². The minimum absolute atomic E-state index is 0.144. The molecule has 1 saturated heterocycles. The van der Waals surface area contributed by atoms with E-state index < -0.39 is 5.91 Å². The summed E-state index contributed by atoms with van der Waals surface area (Å²) in [6, 6.07) is 12.5. The molecule has 0 aliphatic carbocycles. The fourth-order valence-electron chi connectivity index (χ4n) is 4.33. The van der Waals surface area contributed by atoms with Gasteiger partial charge in [-0.15, -0.1) is 0 Å². The van der Waals surface area contributed by atoms with Gasteiger partial charge in [0.15, 0.2) is 0 Å². The number of morpholine rings is 1. The molecule has 0 radical (unpaired) electrons. The van der Waals surface area contributed by atoms with Crippen LogP contribution in [-0.2, 0) is 9.53 Å². The molecule has 0 atom stereocenters. The second-order valence-corrected chi connectivity index (χ2v) is 10.5. The summed E-state index contributed by atoms with van der Waals surface area (Å²) in [5.74, 6) is 1.51. The number of rotatable bonds is 11. The molecule has 2 aromatic carbocycles. The number of hydrogen-bond donors (Lipinski definition) is 2. The predicted molar refractivity (Wildman–Crippen MR) is 164 cm³/mol. The van der Waals surface area contributed by atoms with Crippen molar-refractivity contribution in [2.24, 2.45) is 0 Å². The zero-order valence-electron chi connectivity index (χ0n) is 23.0. The van der Waals surface area contributed by atoms with E-state index in [-0.39, 0.29) is 5.03 Å². The number of carbonyl (C=O) groups excluding carboxylic acids is 1. The van der Waals surface area contributed by atoms with Gasteiger partial charge in [-0.05, 0) is 49.7 Å². The molecule has 218 valence electrons. The van der Waals surface area contributed by atoms with Crippen LogP contribution in [0.3, 0.4) is 0 Å². The van der Waals surface area contributed by atoms with Gasteiger partial charge in [0, 0.05) is 42.5 Å². The Morgan fingerprint density at radius 2 is 1.93 bits per heavy atom. The van der Waals surface area contributed by atoms with E-state index in [9.17, 15) is 4.79 Å². The summed E-state index contributed by atoms with van der Waals surface area (Å²) < 4.78 is 17.4. The molecule has 0 saturated carbocycles. The van der Waals surface area contributed by atoms with Crippen LogP contribution in [0, 0.1) is 6.92 Å². The lowest BCUT2D eigenvalue weighted by molar-refractivity contribution is -0.112. The van der Waals surface area contributed by atoms with Crippen molar-refractivity contribution < 1.29 is 19.0 Å². The van der Waals surface area contributed by atoms with Crippen molar-refractivity contribution in [3.8, 4) is 17.2 Å². The summed E-state index contributed by atoms with van der Waals surface area (Å²) >= 11 is 12.4. The SMILES string of the molecule is C=C(Cl)C(=O)Nc1cc2c(Nc3ccc(Oc4ccc(C)nc4)c(Cl)c3)ncnc2cc1OCCCN1CCOCC1. The molecule has 0 spiro atoms. The normalized spacial score (nSPS) is 13.5. The molecule has 12 heteroatoms. The van der Waals surface area contributed by atoms with Crippen LogP contribution in [0.1, 0.15) is 12.1 Å². The number of halogens is 2. The maximum absolute atomic E-state index is 12.4. The number of anilines is 3. The van der Waals surface area contributed by atoms with Crippen LogP contribution in [0.4, 0.5) is 17.2 Å². The molecule has 1 amide bonds. The van der Waals surface area contributed by atoms with Crippen LogP contribution in [0.25, 0.3) is 10.9 Å². The zero-order chi connectivity index (χ0) is 29.5. The van der Waals surface area contributed by atoms with Gasteiger partial charge in [-0.2, -0.15) is 0 Å². The summed E-state index contributed by atoms with van der Waals surface area (Å²) in [4.78, 5) is 27.9. The second-order valence-electron chi connectivity index (χ2n) is 9.61. The predicted octanol–water partition coefficient (Wildman–Crippen LogP) is 6.31. The highest BCUT2D eigenvalue weighted by molar-refractivity contribution is 6.43. The summed E-state index contributed by atoms with van der Waals surface area (Å²) in [5.41, 5.74) is 2.61. The standard InChI is InChI=1S/C30H30Cl2N6O4/c1-19-4-6-22(17-33-19)42-27-7-5-21(14-24(27)32)36-29-23-15-26(37-30(39)20(2)31)28(16-25(23)34-18-35-29)41-11-3-8-38-9-12-40-13-10-38/h4-7,14-18H,2-3,8-13H2,1H3,(H,37,39)(H,34,35,36). The van der Waals surface area contributed by atoms with Crippen LogP contribution < -0.4 is 20.1 Å². The molecule has 0 bridgehead atoms. The van der Waals surface area contributed by atoms with Crippen LogP contribution in [0.15, 0.2) is 66.6 Å². The Balaban J connectivity index is 1.35. The third-order valence-electron chi connectivity index (χ3n) is 6.52. The van der Waals surface area contributed by atoms with Crippen LogP contribution in [-0.4, -0.2) is 65.2 Å². The average molecular weight is 610 g/mol. The monoisotopic (exact) mass is 608 g/mol. The molecule has 1 fully saturated rings. The molecule has 1 aliphatic heterocycles. The lowest BCUT2D eigenvalue weighted by Gasteiger charge is -2.26. The third kappa shape index (κ3) is 7.65. The molecule has 4 aromatic rings. The molecule has 2 N–H and O–H groups in total. The van der Waals surface area contributed by atoms with Crippen LogP contribution in [0.2, 0.25) is 5.02 Å². The molecular formula is C30H30Cl2N6O4. The summed E-state index contributed by atoms with van der Waals surface area (Å²) in [6.07, 6.45) is 3.91. The van der Waals surface area contributed by atoms with Crippen molar-refractivity contribution in [1.82, 2.24) is 19.9 Å². The first-order chi connectivity index (χ1) is 20.4. The summed E-state index contributed by atoms with van der Waals surface area (Å²) in [5, 5.41) is 6.97. The second kappa shape index (κ2) is 13.8. The highest BCUT2D eigenvalue weighted by Gasteiger charge is 2.16. The number of nitrogens with zero attached hydrogens (tertiary/aromatic N) is 4. The third-order valence-corrected chi connectivity index (χ3v) is 6.98. The molecular weight excluding hydrogens is 579 g/mol. The van der Waals surface area contributed by atoms with Gasteiger partial charge in [0.1, 0.15) is 29.4 Å². The van der Waals surface area contributed by atoms with E-state index in [1.165, 1.54) is 6.33 Å². The van der Waals surface area contributed by atoms with Crippen molar-refractivity contribution >= 4 is 57.2 Å². The van der Waals surface area contributed by atoms with Gasteiger partial charge in [-0.25, -0.2) is 9.97 Å². The fourth-order valence-corrected chi connectivity index (χ4v) is 4.59. The Hall–Kier alpha value is -3.96. The maximum Gasteiger partial charge on any atom is 0.266 e. The number of hydrogen-bond acceptors (Lipinski definition) is 9. The van der Waals surface area contributed by atoms with E-state index in [4.69, 9.17) is 37.4 Å². The van der Waals surface area contributed by atoms with Crippen molar-refractivity contribution in [3.63, 3.8) is 0 Å². The number of benzene rings is 2. The largest absolute Gasteiger partial charge is 0.491 e. The number of carbonyl (C=O) groups is 1. The Kier molecular flexibility index (Phi) is 9.70. The first-order valence-electron chi connectivity index (χ1n) is 13.4. The van der Waals surface area contributed by atoms with Crippen molar-refractivity contribution in [1.29, 1.82) is 0 Å². The number of aromatic nitrogens is 3. The number of pyridine rings is 1. The lowest BCUT2D eigenvalue weighted by atomic mass is 10.1. The van der Waals surface area contributed by atoms with E-state index in [1.54, 1.807) is 30.5 Å². The first kappa shape index (κ1) is 29.5. The van der Waals surface area contributed by atoms with Gasteiger partial charge in [-0.3, -0.25) is 14.7 Å². The number of ether oxygens (including phenoxy) is 3. The quantitative estimate of drug-likeness (QED) is 0.149. The summed E-state index contributed by atoms with van der Waals surface area (Å²) in [7, 11) is 0. The number of aryl methyl sites for hydroxylation is 1. The van der Waals surface area contributed by atoms with Gasteiger partial charge in [-0.1, -0.05) is 29.8 Å². The fraction of sp³-hybridized carbons (Fsp3) is 0.267. The van der Waals surface area contributed by atoms with E-state index in [2.05, 4.69) is 37.1 Å². The minimum atomic E-state index is -0.535.